The molecule has 0 bridgehead atoms. The van der Waals surface area contributed by atoms with Gasteiger partial charge in [-0.05, 0) is 55.7 Å². The van der Waals surface area contributed by atoms with E-state index in [2.05, 4.69) is 0 Å². The number of rotatable bonds is 6. The van der Waals surface area contributed by atoms with E-state index in [0.717, 1.165) is 0 Å². The highest BCUT2D eigenvalue weighted by Gasteiger charge is 2.38. The molecular formula is C21H15Cl6O4P. The third kappa shape index (κ3) is 5.39. The van der Waals surface area contributed by atoms with Gasteiger partial charge in [0.2, 0.25) is 0 Å². The average Bonchev–Trinajstić information content (AvgIpc) is 2.75. The van der Waals surface area contributed by atoms with Gasteiger partial charge in [0.05, 0.1) is 15.1 Å². The van der Waals surface area contributed by atoms with Gasteiger partial charge >= 0.3 is 7.82 Å². The van der Waals surface area contributed by atoms with Crippen LogP contribution < -0.4 is 13.6 Å². The Labute approximate surface area is 215 Å². The molecule has 0 atom stereocenters. The van der Waals surface area contributed by atoms with Gasteiger partial charge < -0.3 is 13.6 Å². The molecule has 0 unspecified atom stereocenters. The minimum atomic E-state index is -4.54. The van der Waals surface area contributed by atoms with Crippen molar-refractivity contribution in [3.63, 3.8) is 0 Å². The molecule has 3 aromatic carbocycles. The highest BCUT2D eigenvalue weighted by atomic mass is 35.5. The molecule has 11 heteroatoms. The van der Waals surface area contributed by atoms with E-state index in [1.54, 1.807) is 57.2 Å². The number of halogens is 6. The third-order valence-electron chi connectivity index (χ3n) is 4.35. The Morgan fingerprint density at radius 2 is 0.781 bits per heavy atom. The van der Waals surface area contributed by atoms with Crippen LogP contribution in [0.15, 0.2) is 36.4 Å². The van der Waals surface area contributed by atoms with Crippen molar-refractivity contribution in [2.45, 2.75) is 20.8 Å². The van der Waals surface area contributed by atoms with Crippen LogP contribution in [0.1, 0.15) is 16.7 Å². The van der Waals surface area contributed by atoms with Crippen LogP contribution in [0.25, 0.3) is 0 Å². The number of benzene rings is 3. The molecule has 0 aromatic heterocycles. The third-order valence-corrected chi connectivity index (χ3v) is 7.93. The number of aryl methyl sites for hydroxylation is 3. The summed E-state index contributed by atoms with van der Waals surface area (Å²) in [5.74, 6) is 0.0253. The van der Waals surface area contributed by atoms with Crippen LogP contribution in [-0.4, -0.2) is 0 Å². The van der Waals surface area contributed by atoms with Crippen molar-refractivity contribution < 1.29 is 18.1 Å². The minimum Gasteiger partial charge on any atom is -0.384 e. The standard InChI is InChI=1S/C21H15Cl6O4P/c1-10-4-7-13(22)16(25)19(10)29-32(28,30-20-11(2)5-8-14(23)17(20)26)31-21-12(3)6-9-15(24)18(21)27/h4-9H,1-3H3. The van der Waals surface area contributed by atoms with E-state index in [1.807, 2.05) is 0 Å². The molecule has 0 heterocycles. The lowest BCUT2D eigenvalue weighted by molar-refractivity contribution is 0.296. The van der Waals surface area contributed by atoms with Gasteiger partial charge in [0.25, 0.3) is 0 Å². The predicted octanol–water partition coefficient (Wildman–Crippen LogP) is 10.2. The molecule has 32 heavy (non-hydrogen) atoms. The molecule has 0 spiro atoms. The summed E-state index contributed by atoms with van der Waals surface area (Å²) in [5, 5.41) is 0.652. The van der Waals surface area contributed by atoms with Crippen LogP contribution in [0, 0.1) is 20.8 Å². The predicted molar refractivity (Wildman–Crippen MR) is 133 cm³/mol. The van der Waals surface area contributed by atoms with Crippen molar-refractivity contribution in [1.29, 1.82) is 0 Å². The molecule has 0 aliphatic carbocycles. The summed E-state index contributed by atoms with van der Waals surface area (Å²) in [5.41, 5.74) is 1.61. The summed E-state index contributed by atoms with van der Waals surface area (Å²) in [6, 6.07) is 9.66. The molecule has 0 fully saturated rings. The fourth-order valence-corrected chi connectivity index (χ4v) is 5.46. The molecular weight excluding hydrogens is 560 g/mol. The second-order valence-corrected chi connectivity index (χ2v) is 10.5. The van der Waals surface area contributed by atoms with Gasteiger partial charge in [-0.25, -0.2) is 0 Å². The van der Waals surface area contributed by atoms with Crippen LogP contribution in [0.3, 0.4) is 0 Å². The fraction of sp³-hybridized carbons (Fsp3) is 0.143. The van der Waals surface area contributed by atoms with Crippen molar-refractivity contribution in [3.05, 3.63) is 83.2 Å². The van der Waals surface area contributed by atoms with Crippen molar-refractivity contribution >= 4 is 77.4 Å². The Kier molecular flexibility index (Phi) is 8.10. The molecule has 0 amide bonds. The summed E-state index contributed by atoms with van der Waals surface area (Å²) in [6.07, 6.45) is 0. The Hall–Kier alpha value is -0.970. The smallest absolute Gasteiger partial charge is 0.384 e. The summed E-state index contributed by atoms with van der Waals surface area (Å²) in [4.78, 5) is 0. The second kappa shape index (κ2) is 10.1. The van der Waals surface area contributed by atoms with E-state index in [0.29, 0.717) is 16.7 Å². The molecule has 170 valence electrons. The number of phosphoric ester groups is 1. The summed E-state index contributed by atoms with van der Waals surface area (Å²) < 4.78 is 31.2. The first kappa shape index (κ1) is 25.6. The lowest BCUT2D eigenvalue weighted by atomic mass is 10.2. The van der Waals surface area contributed by atoms with Crippen molar-refractivity contribution in [3.8, 4) is 17.2 Å². The van der Waals surface area contributed by atoms with Crippen LogP contribution in [0.4, 0.5) is 0 Å². The summed E-state index contributed by atoms with van der Waals surface area (Å²) >= 11 is 37.3. The van der Waals surface area contributed by atoms with Crippen LogP contribution in [-0.2, 0) is 4.57 Å². The van der Waals surface area contributed by atoms with Gasteiger partial charge in [-0.15, -0.1) is 0 Å². The summed E-state index contributed by atoms with van der Waals surface area (Å²) in [6.45, 7) is 5.07. The van der Waals surface area contributed by atoms with E-state index < -0.39 is 7.82 Å². The maximum absolute atomic E-state index is 14.0. The zero-order valence-corrected chi connectivity index (χ0v) is 22.2. The maximum Gasteiger partial charge on any atom is 0.647 e. The van der Waals surface area contributed by atoms with Gasteiger partial charge in [-0.1, -0.05) is 87.8 Å². The van der Waals surface area contributed by atoms with Crippen molar-refractivity contribution in [2.75, 3.05) is 0 Å². The zero-order valence-electron chi connectivity index (χ0n) is 16.8. The molecule has 0 aliphatic rings. The monoisotopic (exact) mass is 572 g/mol. The second-order valence-electron chi connectivity index (χ2n) is 6.74. The van der Waals surface area contributed by atoms with Crippen molar-refractivity contribution in [1.82, 2.24) is 0 Å². The van der Waals surface area contributed by atoms with E-state index >= 15 is 0 Å². The largest absolute Gasteiger partial charge is 0.647 e. The first-order valence-corrected chi connectivity index (χ1v) is 12.7. The van der Waals surface area contributed by atoms with E-state index in [-0.39, 0.29) is 47.4 Å². The van der Waals surface area contributed by atoms with Gasteiger partial charge in [0, 0.05) is 0 Å². The van der Waals surface area contributed by atoms with E-state index in [1.165, 1.54) is 0 Å². The van der Waals surface area contributed by atoms with E-state index in [4.69, 9.17) is 83.2 Å². The van der Waals surface area contributed by atoms with Crippen LogP contribution >= 0.6 is 77.4 Å². The maximum atomic E-state index is 14.0. The number of phosphoric acid groups is 1. The molecule has 4 nitrogen and oxygen atoms in total. The fourth-order valence-electron chi connectivity index (χ4n) is 2.61. The SMILES string of the molecule is Cc1ccc(Cl)c(Cl)c1OP(=O)(Oc1c(C)ccc(Cl)c1Cl)Oc1c(C)ccc(Cl)c1Cl. The van der Waals surface area contributed by atoms with Gasteiger partial charge in [-0.2, -0.15) is 4.57 Å². The first-order chi connectivity index (χ1) is 14.9. The van der Waals surface area contributed by atoms with Crippen LogP contribution in [0.2, 0.25) is 30.1 Å². The lowest BCUT2D eigenvalue weighted by Crippen LogP contribution is -2.10. The average molecular weight is 575 g/mol. The normalized spacial score (nSPS) is 11.4. The van der Waals surface area contributed by atoms with Gasteiger partial charge in [0.1, 0.15) is 15.1 Å². The Morgan fingerprint density at radius 3 is 1.03 bits per heavy atom. The van der Waals surface area contributed by atoms with E-state index in [9.17, 15) is 4.57 Å². The molecule has 0 aliphatic heterocycles. The van der Waals surface area contributed by atoms with Crippen molar-refractivity contribution in [2.24, 2.45) is 0 Å². The number of hydrogen-bond acceptors (Lipinski definition) is 4. The Balaban J connectivity index is 2.16. The quantitative estimate of drug-likeness (QED) is 0.275. The Bertz CT molecular complexity index is 1100. The van der Waals surface area contributed by atoms with Gasteiger partial charge in [-0.3, -0.25) is 0 Å². The van der Waals surface area contributed by atoms with Crippen LogP contribution in [0.5, 0.6) is 17.2 Å². The number of hydrogen-bond donors (Lipinski definition) is 0. The highest BCUT2D eigenvalue weighted by Crippen LogP contribution is 2.56. The molecule has 0 N–H and O–H groups in total. The minimum absolute atomic E-state index is 0.00843. The highest BCUT2D eigenvalue weighted by molar-refractivity contribution is 7.49. The molecule has 0 saturated carbocycles. The molecule has 3 aromatic rings. The molecule has 0 saturated heterocycles. The zero-order chi connectivity index (χ0) is 23.8. The lowest BCUT2D eigenvalue weighted by Gasteiger charge is -2.23. The topological polar surface area (TPSA) is 44.8 Å². The van der Waals surface area contributed by atoms with Gasteiger partial charge in [0.15, 0.2) is 17.2 Å². The Morgan fingerprint density at radius 1 is 0.531 bits per heavy atom. The molecule has 0 radical (unpaired) electrons. The summed E-state index contributed by atoms with van der Waals surface area (Å²) in [7, 11) is -4.54. The molecule has 3 rings (SSSR count). The first-order valence-electron chi connectivity index (χ1n) is 8.96.